The SMILES string of the molecule is CC(O)(P(=O)(O)O)P(=O)(O)OP(=O)(O)OC[C@H]1O[C@@H](n2ccc(=O)[nH]c2=O)[C@H](O)[C@@H]1O. The molecule has 1 aliphatic rings. The van der Waals surface area contributed by atoms with Crippen LogP contribution in [0, 0.1) is 0 Å². The number of nitrogens with zero attached hydrogens (tertiary/aromatic N) is 1. The molecule has 178 valence electrons. The van der Waals surface area contributed by atoms with Crippen molar-refractivity contribution >= 4 is 23.0 Å². The van der Waals surface area contributed by atoms with Crippen molar-refractivity contribution in [2.75, 3.05) is 6.61 Å². The molecule has 3 unspecified atom stereocenters. The Morgan fingerprint density at radius 2 is 1.74 bits per heavy atom. The predicted molar refractivity (Wildman–Crippen MR) is 96.6 cm³/mol. The lowest BCUT2D eigenvalue weighted by Crippen LogP contribution is -2.37. The van der Waals surface area contributed by atoms with Crippen LogP contribution in [0.1, 0.15) is 13.2 Å². The molecule has 0 amide bonds. The molecule has 1 aromatic rings. The molecule has 1 fully saturated rings. The lowest BCUT2D eigenvalue weighted by Gasteiger charge is -2.29. The van der Waals surface area contributed by atoms with Gasteiger partial charge in [-0.15, -0.1) is 0 Å². The molecule has 8 N–H and O–H groups in total. The lowest BCUT2D eigenvalue weighted by atomic mass is 10.1. The molecule has 1 aromatic heterocycles. The van der Waals surface area contributed by atoms with E-state index in [9.17, 15) is 48.4 Å². The second-order valence-corrected chi connectivity index (χ2v) is 12.5. The number of hydrogen-bond donors (Lipinski definition) is 8. The van der Waals surface area contributed by atoms with E-state index < -0.39 is 70.5 Å². The zero-order chi connectivity index (χ0) is 24.0. The normalized spacial score (nSPS) is 30.3. The fourth-order valence-corrected chi connectivity index (χ4v) is 6.20. The van der Waals surface area contributed by atoms with Crippen molar-refractivity contribution in [3.05, 3.63) is 33.1 Å². The first-order chi connectivity index (χ1) is 13.9. The van der Waals surface area contributed by atoms with E-state index in [0.29, 0.717) is 4.57 Å². The van der Waals surface area contributed by atoms with Gasteiger partial charge in [-0.1, -0.05) is 0 Å². The number of nitrogens with one attached hydrogen (secondary N) is 1. The number of phosphoric ester groups is 1. The highest BCUT2D eigenvalue weighted by Gasteiger charge is 2.60. The van der Waals surface area contributed by atoms with E-state index in [2.05, 4.69) is 8.83 Å². The molecule has 0 radical (unpaired) electrons. The van der Waals surface area contributed by atoms with E-state index in [-0.39, 0.29) is 6.92 Å². The van der Waals surface area contributed by atoms with Gasteiger partial charge in [-0.2, -0.15) is 0 Å². The van der Waals surface area contributed by atoms with Crippen LogP contribution in [-0.2, 0) is 27.3 Å². The summed E-state index contributed by atoms with van der Waals surface area (Å²) in [5, 5.41) is 25.8. The fourth-order valence-electron chi connectivity index (χ4n) is 2.30. The molecule has 1 aliphatic heterocycles. The molecule has 0 bridgehead atoms. The van der Waals surface area contributed by atoms with Crippen molar-refractivity contribution in [1.82, 2.24) is 9.55 Å². The van der Waals surface area contributed by atoms with Gasteiger partial charge in [-0.25, -0.2) is 13.7 Å². The summed E-state index contributed by atoms with van der Waals surface area (Å²) in [5.41, 5.74) is -1.77. The van der Waals surface area contributed by atoms with Crippen molar-refractivity contribution in [2.24, 2.45) is 0 Å². The van der Waals surface area contributed by atoms with E-state index in [1.54, 1.807) is 0 Å². The highest BCUT2D eigenvalue weighted by Crippen LogP contribution is 2.74. The average Bonchev–Trinajstić information content (AvgIpc) is 2.86. The van der Waals surface area contributed by atoms with Crippen LogP contribution in [0.2, 0.25) is 0 Å². The largest absolute Gasteiger partial charge is 0.479 e. The van der Waals surface area contributed by atoms with Gasteiger partial charge in [-0.05, 0) is 6.92 Å². The van der Waals surface area contributed by atoms with Gasteiger partial charge in [0.15, 0.2) is 6.23 Å². The summed E-state index contributed by atoms with van der Waals surface area (Å²) in [7, 11) is -17.2. The maximum Gasteiger partial charge on any atom is 0.479 e. The smallest absolute Gasteiger partial charge is 0.387 e. The molecule has 17 nitrogen and oxygen atoms in total. The van der Waals surface area contributed by atoms with Crippen molar-refractivity contribution in [2.45, 2.75) is 36.5 Å². The maximum absolute atomic E-state index is 11.9. The van der Waals surface area contributed by atoms with Crippen molar-refractivity contribution in [3.63, 3.8) is 0 Å². The van der Waals surface area contributed by atoms with Gasteiger partial charge in [-0.3, -0.25) is 28.0 Å². The van der Waals surface area contributed by atoms with Crippen molar-refractivity contribution < 1.29 is 62.2 Å². The lowest BCUT2D eigenvalue weighted by molar-refractivity contribution is -0.0542. The Kier molecular flexibility index (Phi) is 7.38. The Morgan fingerprint density at radius 3 is 2.26 bits per heavy atom. The van der Waals surface area contributed by atoms with Crippen LogP contribution in [-0.4, -0.2) is 74.4 Å². The van der Waals surface area contributed by atoms with Crippen LogP contribution in [0.3, 0.4) is 0 Å². The number of aliphatic hydroxyl groups excluding tert-OH is 2. The first-order valence-corrected chi connectivity index (χ1v) is 12.7. The van der Waals surface area contributed by atoms with Gasteiger partial charge in [0.05, 0.1) is 6.61 Å². The molecule has 31 heavy (non-hydrogen) atoms. The molecular formula is C11H19N2O15P3. The molecule has 2 heterocycles. The minimum absolute atomic E-state index is 0.196. The number of aromatic nitrogens is 2. The van der Waals surface area contributed by atoms with Crippen LogP contribution in [0.15, 0.2) is 21.9 Å². The van der Waals surface area contributed by atoms with Gasteiger partial charge < -0.3 is 39.6 Å². The summed E-state index contributed by atoms with van der Waals surface area (Å²) < 4.78 is 49.0. The van der Waals surface area contributed by atoms with Crippen LogP contribution in [0.25, 0.3) is 0 Å². The monoisotopic (exact) mass is 512 g/mol. The van der Waals surface area contributed by atoms with Crippen LogP contribution in [0.5, 0.6) is 0 Å². The second-order valence-electron chi connectivity index (χ2n) is 6.44. The molecule has 0 saturated carbocycles. The Hall–Kier alpha value is -1.03. The number of aromatic amines is 1. The minimum Gasteiger partial charge on any atom is -0.387 e. The minimum atomic E-state index is -5.88. The predicted octanol–water partition coefficient (Wildman–Crippen LogP) is -2.68. The van der Waals surface area contributed by atoms with Crippen molar-refractivity contribution in [1.29, 1.82) is 0 Å². The Balaban J connectivity index is 2.12. The summed E-state index contributed by atoms with van der Waals surface area (Å²) in [5.74, 6) is 0. The zero-order valence-corrected chi connectivity index (χ0v) is 18.0. The summed E-state index contributed by atoms with van der Waals surface area (Å²) in [4.78, 5) is 61.7. The summed E-state index contributed by atoms with van der Waals surface area (Å²) in [6.45, 7) is -0.889. The number of hydrogen-bond acceptors (Lipinski definition) is 11. The maximum atomic E-state index is 11.9. The topological polar surface area (TPSA) is 275 Å². The Morgan fingerprint density at radius 1 is 1.16 bits per heavy atom. The van der Waals surface area contributed by atoms with E-state index in [1.807, 2.05) is 4.98 Å². The molecule has 0 spiro atoms. The Labute approximate surface area is 171 Å². The molecular weight excluding hydrogens is 493 g/mol. The third-order valence-electron chi connectivity index (χ3n) is 4.17. The van der Waals surface area contributed by atoms with Crippen LogP contribution < -0.4 is 11.2 Å². The van der Waals surface area contributed by atoms with Gasteiger partial charge in [0.2, 0.25) is 0 Å². The molecule has 0 aromatic carbocycles. The summed E-state index contributed by atoms with van der Waals surface area (Å²) >= 11 is 0. The number of ether oxygens (including phenoxy) is 1. The van der Waals surface area contributed by atoms with E-state index >= 15 is 0 Å². The molecule has 2 rings (SSSR count). The van der Waals surface area contributed by atoms with Gasteiger partial charge in [0.25, 0.3) is 10.6 Å². The molecule has 7 atom stereocenters. The summed E-state index contributed by atoms with van der Waals surface area (Å²) in [6.07, 6.45) is -5.83. The molecule has 20 heteroatoms. The molecule has 1 saturated heterocycles. The van der Waals surface area contributed by atoms with E-state index in [1.165, 1.54) is 0 Å². The zero-order valence-electron chi connectivity index (χ0n) is 15.4. The van der Waals surface area contributed by atoms with Crippen LogP contribution >= 0.6 is 23.0 Å². The highest BCUT2D eigenvalue weighted by molar-refractivity contribution is 7.75. The number of rotatable bonds is 8. The average molecular weight is 512 g/mol. The molecule has 0 aliphatic carbocycles. The summed E-state index contributed by atoms with van der Waals surface area (Å²) in [6, 6.07) is 0.912. The van der Waals surface area contributed by atoms with E-state index in [4.69, 9.17) is 14.5 Å². The van der Waals surface area contributed by atoms with Gasteiger partial charge in [0.1, 0.15) is 18.3 Å². The standard InChI is InChI=1S/C11H19N2O15P3/c1-11(18,29(19,20)21)30(22,23)28-31(24,25)26-4-5-7(15)8(16)9(27-5)13-3-2-6(14)12-10(13)17/h2-3,5,7-9,15-16,18H,4H2,1H3,(H,22,23)(H,24,25)(H,12,14,17)(H2,19,20,21)/t5-,7-,8-,9-,11?/m1/s1. The van der Waals surface area contributed by atoms with Crippen molar-refractivity contribution in [3.8, 4) is 0 Å². The number of aliphatic hydroxyl groups is 3. The quantitative estimate of drug-likeness (QED) is 0.165. The Bertz CT molecular complexity index is 1070. The fraction of sp³-hybridized carbons (Fsp3) is 0.636. The van der Waals surface area contributed by atoms with E-state index in [0.717, 1.165) is 12.3 Å². The number of phosphoric acid groups is 1. The number of H-pyrrole nitrogens is 1. The second kappa shape index (κ2) is 8.72. The third kappa shape index (κ3) is 5.49. The third-order valence-corrected chi connectivity index (χ3v) is 10.1. The first-order valence-electron chi connectivity index (χ1n) is 8.02. The van der Waals surface area contributed by atoms with Crippen LogP contribution in [0.4, 0.5) is 0 Å². The van der Waals surface area contributed by atoms with Gasteiger partial charge in [0, 0.05) is 12.3 Å². The first kappa shape index (κ1) is 26.2. The van der Waals surface area contributed by atoms with Gasteiger partial charge >= 0.3 is 28.7 Å². The highest BCUT2D eigenvalue weighted by atomic mass is 31.3.